The van der Waals surface area contributed by atoms with Crippen LogP contribution in [-0.2, 0) is 13.2 Å². The predicted molar refractivity (Wildman–Crippen MR) is 44.3 cm³/mol. The molecule has 0 N–H and O–H groups in total. The van der Waals surface area contributed by atoms with E-state index in [9.17, 15) is 0 Å². The maximum atomic E-state index is 5.35. The summed E-state index contributed by atoms with van der Waals surface area (Å²) >= 11 is 0. The lowest BCUT2D eigenvalue weighted by Crippen LogP contribution is -2.25. The van der Waals surface area contributed by atoms with Crippen LogP contribution >= 0.6 is 0 Å². The Morgan fingerprint density at radius 1 is 1.31 bits per heavy atom. The molecular weight excluding hydrogens is 168 g/mol. The minimum Gasteiger partial charge on any atom is -0.486 e. The number of hydrogen-bond donors (Lipinski definition) is 0. The van der Waals surface area contributed by atoms with Crippen LogP contribution in [-0.4, -0.2) is 9.71 Å². The fourth-order valence-electron chi connectivity index (χ4n) is 1.82. The van der Waals surface area contributed by atoms with Crippen LogP contribution in [0.15, 0.2) is 12.1 Å². The Kier molecular flexibility index (Phi) is 0.737. The maximum Gasteiger partial charge on any atom is 0.186 e. The number of rotatable bonds is 0. The highest BCUT2D eigenvalue weighted by Gasteiger charge is 2.27. The largest absolute Gasteiger partial charge is 0.486 e. The molecule has 64 valence electrons. The van der Waals surface area contributed by atoms with Gasteiger partial charge in [0.05, 0.1) is 0 Å². The zero-order valence-corrected chi connectivity index (χ0v) is 6.78. The molecule has 1 aromatic heterocycles. The van der Waals surface area contributed by atoms with Gasteiger partial charge >= 0.3 is 0 Å². The molecule has 13 heavy (non-hydrogen) atoms. The van der Waals surface area contributed by atoms with Crippen LogP contribution in [0.2, 0.25) is 0 Å². The zero-order valence-electron chi connectivity index (χ0n) is 6.78. The van der Waals surface area contributed by atoms with Gasteiger partial charge in [0.25, 0.3) is 0 Å². The summed E-state index contributed by atoms with van der Waals surface area (Å²) in [5.41, 5.74) is 3.20. The molecule has 0 aliphatic carbocycles. The number of benzene rings is 1. The van der Waals surface area contributed by atoms with E-state index in [0.29, 0.717) is 13.2 Å². The van der Waals surface area contributed by atoms with Crippen molar-refractivity contribution in [3.8, 4) is 5.75 Å². The van der Waals surface area contributed by atoms with Crippen molar-refractivity contribution in [2.24, 2.45) is 0 Å². The van der Waals surface area contributed by atoms with Crippen LogP contribution in [0, 0.1) is 0 Å². The van der Waals surface area contributed by atoms with E-state index in [1.165, 1.54) is 5.56 Å². The van der Waals surface area contributed by atoms with E-state index in [0.717, 1.165) is 22.6 Å². The van der Waals surface area contributed by atoms with Crippen LogP contribution in [0.1, 0.15) is 11.4 Å². The van der Waals surface area contributed by atoms with Crippen LogP contribution < -0.4 is 9.57 Å². The fraction of sp³-hybridized carbons (Fsp3) is 0.222. The average Bonchev–Trinajstić information content (AvgIpc) is 2.25. The molecule has 4 nitrogen and oxygen atoms in total. The van der Waals surface area contributed by atoms with E-state index in [2.05, 4.69) is 11.1 Å². The third kappa shape index (κ3) is 0.509. The Morgan fingerprint density at radius 3 is 3.00 bits per heavy atom. The van der Waals surface area contributed by atoms with Gasteiger partial charge in [-0.15, -0.1) is 0 Å². The summed E-state index contributed by atoms with van der Waals surface area (Å²) in [5.74, 6) is 1.92. The van der Waals surface area contributed by atoms with Crippen LogP contribution in [0.25, 0.3) is 11.0 Å². The number of imidazole rings is 1. The second-order valence-electron chi connectivity index (χ2n) is 3.31. The number of aromatic nitrogens is 2. The van der Waals surface area contributed by atoms with Crippen molar-refractivity contribution in [1.29, 1.82) is 0 Å². The molecule has 0 saturated heterocycles. The number of fused-ring (bicyclic) bond motifs is 5. The van der Waals surface area contributed by atoms with E-state index < -0.39 is 0 Å². The molecule has 0 unspecified atom stereocenters. The topological polar surface area (TPSA) is 36.3 Å². The lowest BCUT2D eigenvalue weighted by atomic mass is 10.1. The van der Waals surface area contributed by atoms with E-state index in [1.807, 2.05) is 6.07 Å². The molecule has 2 aromatic rings. The summed E-state index contributed by atoms with van der Waals surface area (Å²) in [6, 6.07) is 4.10. The highest BCUT2D eigenvalue weighted by Crippen LogP contribution is 2.37. The van der Waals surface area contributed by atoms with E-state index in [1.54, 1.807) is 4.73 Å². The Labute approximate surface area is 73.7 Å². The first-order chi connectivity index (χ1) is 6.43. The summed E-state index contributed by atoms with van der Waals surface area (Å²) < 4.78 is 7.12. The summed E-state index contributed by atoms with van der Waals surface area (Å²) in [5, 5.41) is 0. The van der Waals surface area contributed by atoms with Crippen LogP contribution in [0.3, 0.4) is 0 Å². The molecule has 2 aliphatic heterocycles. The van der Waals surface area contributed by atoms with Gasteiger partial charge in [-0.2, -0.15) is 4.73 Å². The maximum absolute atomic E-state index is 5.35. The van der Waals surface area contributed by atoms with Gasteiger partial charge in [-0.1, -0.05) is 0 Å². The van der Waals surface area contributed by atoms with Crippen molar-refractivity contribution in [3.63, 3.8) is 0 Å². The van der Waals surface area contributed by atoms with Gasteiger partial charge in [0, 0.05) is 5.56 Å². The Morgan fingerprint density at radius 2 is 2.31 bits per heavy atom. The molecule has 0 bridgehead atoms. The third-order valence-electron chi connectivity index (χ3n) is 2.58. The van der Waals surface area contributed by atoms with Crippen molar-refractivity contribution in [1.82, 2.24) is 9.71 Å². The molecular formula is C9H6N2O2. The minimum absolute atomic E-state index is 0.615. The van der Waals surface area contributed by atoms with Gasteiger partial charge in [-0.3, -0.25) is 0 Å². The first-order valence-corrected chi connectivity index (χ1v) is 4.23. The fourth-order valence-corrected chi connectivity index (χ4v) is 1.82. The smallest absolute Gasteiger partial charge is 0.186 e. The Bertz CT molecular complexity index is 530. The zero-order chi connectivity index (χ0) is 8.41. The first-order valence-electron chi connectivity index (χ1n) is 4.23. The van der Waals surface area contributed by atoms with Crippen molar-refractivity contribution in [2.75, 3.05) is 0 Å². The Balaban J connectivity index is 2.24. The van der Waals surface area contributed by atoms with Crippen molar-refractivity contribution in [3.05, 3.63) is 23.5 Å². The Hall–Kier alpha value is -1.71. The normalized spacial score (nSPS) is 16.3. The summed E-state index contributed by atoms with van der Waals surface area (Å²) in [4.78, 5) is 9.67. The predicted octanol–water partition coefficient (Wildman–Crippen LogP) is 0.871. The van der Waals surface area contributed by atoms with Crippen LogP contribution in [0.4, 0.5) is 0 Å². The molecule has 0 atom stereocenters. The minimum atomic E-state index is 0.615. The SMILES string of the molecule is c1cc2c(nc3n2OC3)c2c1CO2. The lowest BCUT2D eigenvalue weighted by molar-refractivity contribution is 0.0176. The van der Waals surface area contributed by atoms with Gasteiger partial charge in [0.2, 0.25) is 0 Å². The second-order valence-corrected chi connectivity index (χ2v) is 3.31. The van der Waals surface area contributed by atoms with Gasteiger partial charge in [-0.05, 0) is 12.1 Å². The second kappa shape index (κ2) is 1.64. The molecule has 3 heterocycles. The molecule has 1 aromatic carbocycles. The molecule has 2 aliphatic rings. The number of hydrogen-bond acceptors (Lipinski definition) is 3. The van der Waals surface area contributed by atoms with E-state index in [4.69, 9.17) is 9.57 Å². The quantitative estimate of drug-likeness (QED) is 0.594. The van der Waals surface area contributed by atoms with E-state index in [-0.39, 0.29) is 0 Å². The highest BCUT2D eigenvalue weighted by molar-refractivity contribution is 5.85. The van der Waals surface area contributed by atoms with Gasteiger partial charge < -0.3 is 9.57 Å². The molecule has 4 rings (SSSR count). The molecule has 0 fully saturated rings. The molecule has 0 saturated carbocycles. The summed E-state index contributed by atoms with van der Waals surface area (Å²) in [7, 11) is 0. The van der Waals surface area contributed by atoms with Crippen molar-refractivity contribution >= 4 is 11.0 Å². The van der Waals surface area contributed by atoms with Crippen molar-refractivity contribution < 1.29 is 9.57 Å². The van der Waals surface area contributed by atoms with Crippen molar-refractivity contribution in [2.45, 2.75) is 13.2 Å². The van der Waals surface area contributed by atoms with Gasteiger partial charge in [-0.25, -0.2) is 4.98 Å². The lowest BCUT2D eigenvalue weighted by Gasteiger charge is -2.20. The van der Waals surface area contributed by atoms with Gasteiger partial charge in [0.1, 0.15) is 17.6 Å². The highest BCUT2D eigenvalue weighted by atomic mass is 16.7. The first kappa shape index (κ1) is 5.85. The summed E-state index contributed by atoms with van der Waals surface area (Å²) in [6.45, 7) is 1.33. The summed E-state index contributed by atoms with van der Waals surface area (Å²) in [6.07, 6.45) is 0. The standard InChI is InChI=1S/C9H6N2O2/c1-2-6-8(9-5(1)3-12-9)10-7-4-13-11(6)7/h1-2H,3-4H2. The monoisotopic (exact) mass is 174 g/mol. The molecule has 4 heteroatoms. The molecule has 0 spiro atoms. The van der Waals surface area contributed by atoms with Gasteiger partial charge in [0.15, 0.2) is 18.2 Å². The third-order valence-corrected chi connectivity index (χ3v) is 2.58. The molecule has 0 amide bonds. The van der Waals surface area contributed by atoms with E-state index >= 15 is 0 Å². The number of nitrogens with zero attached hydrogens (tertiary/aromatic N) is 2. The average molecular weight is 174 g/mol. The van der Waals surface area contributed by atoms with Crippen LogP contribution in [0.5, 0.6) is 5.75 Å². The number of ether oxygens (including phenoxy) is 1. The molecule has 0 radical (unpaired) electrons.